The van der Waals surface area contributed by atoms with Crippen LogP contribution in [0.2, 0.25) is 0 Å². The average molecular weight is 503 g/mol. The Morgan fingerprint density at radius 1 is 1.06 bits per heavy atom. The van der Waals surface area contributed by atoms with Crippen molar-refractivity contribution < 1.29 is 23.2 Å². The standard InChI is InChI=1S/C27H36F2N4O3/c28-14-19(15-29)30-18-9-12-27(13-10-18,11-8-17-4-5-17)32-22-3-1-2-20-21(22)16-33(26(20)36)23-6-7-24(34)31-25(23)35/h1-3,17-19,23,30,32H,4-16H2,(H,31,34,35). The van der Waals surface area contributed by atoms with Crippen LogP contribution in [0.3, 0.4) is 0 Å². The first kappa shape index (κ1) is 25.1. The van der Waals surface area contributed by atoms with Gasteiger partial charge in [0.2, 0.25) is 11.8 Å². The van der Waals surface area contributed by atoms with E-state index < -0.39 is 31.3 Å². The summed E-state index contributed by atoms with van der Waals surface area (Å²) in [4.78, 5) is 38.9. The highest BCUT2D eigenvalue weighted by atomic mass is 19.1. The third-order valence-electron chi connectivity index (χ3n) is 8.50. The molecule has 0 spiro atoms. The number of amides is 3. The molecule has 0 radical (unpaired) electrons. The lowest BCUT2D eigenvalue weighted by molar-refractivity contribution is -0.136. The normalized spacial score (nSPS) is 28.4. The van der Waals surface area contributed by atoms with Gasteiger partial charge < -0.3 is 15.5 Å². The Labute approximate surface area is 210 Å². The smallest absolute Gasteiger partial charge is 0.255 e. The Morgan fingerprint density at radius 2 is 1.81 bits per heavy atom. The van der Waals surface area contributed by atoms with Crippen LogP contribution in [0, 0.1) is 5.92 Å². The quantitative estimate of drug-likeness (QED) is 0.425. The number of carbonyl (C=O) groups excluding carboxylic acids is 3. The molecule has 36 heavy (non-hydrogen) atoms. The van der Waals surface area contributed by atoms with E-state index in [0.717, 1.165) is 55.7 Å². The van der Waals surface area contributed by atoms with Gasteiger partial charge in [-0.2, -0.15) is 0 Å². The van der Waals surface area contributed by atoms with Crippen molar-refractivity contribution >= 4 is 23.4 Å². The first-order valence-electron chi connectivity index (χ1n) is 13.3. The number of nitrogens with one attached hydrogen (secondary N) is 3. The minimum absolute atomic E-state index is 0.100. The molecule has 4 aliphatic rings. The molecule has 0 bridgehead atoms. The summed E-state index contributed by atoms with van der Waals surface area (Å²) in [7, 11) is 0. The molecule has 1 aromatic rings. The fraction of sp³-hybridized carbons (Fsp3) is 0.667. The number of anilines is 1. The lowest BCUT2D eigenvalue weighted by Crippen LogP contribution is -2.52. The molecule has 3 N–H and O–H groups in total. The monoisotopic (exact) mass is 502 g/mol. The number of rotatable bonds is 10. The molecule has 196 valence electrons. The Kier molecular flexibility index (Phi) is 7.28. The van der Waals surface area contributed by atoms with Gasteiger partial charge in [0.05, 0.1) is 6.04 Å². The molecule has 2 saturated carbocycles. The summed E-state index contributed by atoms with van der Waals surface area (Å²) in [6.45, 7) is -1.07. The lowest BCUT2D eigenvalue weighted by Gasteiger charge is -2.43. The fourth-order valence-corrected chi connectivity index (χ4v) is 6.11. The van der Waals surface area contributed by atoms with Crippen LogP contribution in [-0.2, 0) is 16.1 Å². The molecule has 3 fully saturated rings. The van der Waals surface area contributed by atoms with Crippen molar-refractivity contribution in [3.05, 3.63) is 29.3 Å². The van der Waals surface area contributed by atoms with Gasteiger partial charge in [-0.25, -0.2) is 8.78 Å². The number of alkyl halides is 2. The molecule has 5 rings (SSSR count). The zero-order chi connectivity index (χ0) is 25.3. The minimum atomic E-state index is -0.733. The van der Waals surface area contributed by atoms with E-state index in [4.69, 9.17) is 0 Å². The van der Waals surface area contributed by atoms with E-state index >= 15 is 0 Å². The second-order valence-electron chi connectivity index (χ2n) is 11.1. The summed E-state index contributed by atoms with van der Waals surface area (Å²) in [5.74, 6) is -0.0945. The first-order valence-corrected chi connectivity index (χ1v) is 13.3. The minimum Gasteiger partial charge on any atom is -0.379 e. The van der Waals surface area contributed by atoms with E-state index in [0.29, 0.717) is 18.5 Å². The second kappa shape index (κ2) is 10.4. The second-order valence-corrected chi connectivity index (χ2v) is 11.1. The van der Waals surface area contributed by atoms with E-state index in [2.05, 4.69) is 16.0 Å². The third kappa shape index (κ3) is 5.26. The van der Waals surface area contributed by atoms with Crippen molar-refractivity contribution in [2.75, 3.05) is 18.7 Å². The number of fused-ring (bicyclic) bond motifs is 1. The number of carbonyl (C=O) groups is 3. The van der Waals surface area contributed by atoms with Crippen LogP contribution in [-0.4, -0.2) is 59.6 Å². The van der Waals surface area contributed by atoms with Crippen molar-refractivity contribution in [3.63, 3.8) is 0 Å². The molecule has 9 heteroatoms. The summed E-state index contributed by atoms with van der Waals surface area (Å²) in [6.07, 6.45) is 8.76. The number of hydrogen-bond donors (Lipinski definition) is 3. The van der Waals surface area contributed by atoms with Crippen LogP contribution in [0.5, 0.6) is 0 Å². The van der Waals surface area contributed by atoms with Crippen molar-refractivity contribution in [2.45, 2.75) is 94.4 Å². The van der Waals surface area contributed by atoms with Gasteiger partial charge in [0.15, 0.2) is 0 Å². The molecule has 0 aromatic heterocycles. The maximum Gasteiger partial charge on any atom is 0.255 e. The maximum absolute atomic E-state index is 13.2. The molecule has 3 amide bonds. The molecular weight excluding hydrogens is 466 g/mol. The van der Waals surface area contributed by atoms with Crippen LogP contribution < -0.4 is 16.0 Å². The maximum atomic E-state index is 13.2. The van der Waals surface area contributed by atoms with Gasteiger partial charge in [0.1, 0.15) is 19.4 Å². The number of piperidine rings is 1. The van der Waals surface area contributed by atoms with Gasteiger partial charge in [0.25, 0.3) is 5.91 Å². The highest BCUT2D eigenvalue weighted by Gasteiger charge is 2.42. The van der Waals surface area contributed by atoms with Crippen molar-refractivity contribution in [1.82, 2.24) is 15.5 Å². The highest BCUT2D eigenvalue weighted by Crippen LogP contribution is 2.43. The van der Waals surface area contributed by atoms with Gasteiger partial charge in [-0.05, 0) is 63.0 Å². The number of imide groups is 1. The summed E-state index contributed by atoms with van der Waals surface area (Å²) in [5, 5.41) is 9.33. The van der Waals surface area contributed by atoms with E-state index in [1.807, 2.05) is 12.1 Å². The molecule has 1 unspecified atom stereocenters. The summed E-state index contributed by atoms with van der Waals surface area (Å²) >= 11 is 0. The summed E-state index contributed by atoms with van der Waals surface area (Å²) < 4.78 is 26.1. The molecule has 2 aliphatic heterocycles. The van der Waals surface area contributed by atoms with Crippen LogP contribution >= 0.6 is 0 Å². The molecule has 1 saturated heterocycles. The van der Waals surface area contributed by atoms with Gasteiger partial charge in [-0.1, -0.05) is 18.9 Å². The zero-order valence-electron chi connectivity index (χ0n) is 20.7. The zero-order valence-corrected chi connectivity index (χ0v) is 20.7. The van der Waals surface area contributed by atoms with Crippen molar-refractivity contribution in [1.29, 1.82) is 0 Å². The Balaban J connectivity index is 1.32. The van der Waals surface area contributed by atoms with E-state index in [9.17, 15) is 23.2 Å². The van der Waals surface area contributed by atoms with E-state index in [-0.39, 0.29) is 29.8 Å². The third-order valence-corrected chi connectivity index (χ3v) is 8.50. The summed E-state index contributed by atoms with van der Waals surface area (Å²) in [6, 6.07) is 4.42. The Hall–Kier alpha value is -2.55. The topological polar surface area (TPSA) is 90.5 Å². The average Bonchev–Trinajstić information content (AvgIpc) is 3.65. The largest absolute Gasteiger partial charge is 0.379 e. The van der Waals surface area contributed by atoms with Crippen LogP contribution in [0.15, 0.2) is 18.2 Å². The fourth-order valence-electron chi connectivity index (χ4n) is 6.11. The molecule has 2 heterocycles. The summed E-state index contributed by atoms with van der Waals surface area (Å²) in [5.41, 5.74) is 2.28. The van der Waals surface area contributed by atoms with E-state index in [1.165, 1.54) is 12.8 Å². The van der Waals surface area contributed by atoms with E-state index in [1.54, 1.807) is 11.0 Å². The van der Waals surface area contributed by atoms with Crippen LogP contribution in [0.25, 0.3) is 0 Å². The Morgan fingerprint density at radius 3 is 2.47 bits per heavy atom. The SMILES string of the molecule is O=C1CCC(N2Cc3c(NC4(CCC5CC5)CCC(NC(CF)CF)CC4)cccc3C2=O)C(=O)N1. The molecule has 7 nitrogen and oxygen atoms in total. The van der Waals surface area contributed by atoms with Gasteiger partial charge in [0, 0.05) is 41.4 Å². The highest BCUT2D eigenvalue weighted by molar-refractivity contribution is 6.06. The molecule has 1 atom stereocenters. The first-order chi connectivity index (χ1) is 17.4. The van der Waals surface area contributed by atoms with Gasteiger partial charge in [-0.3, -0.25) is 19.7 Å². The molecule has 1 aromatic carbocycles. The van der Waals surface area contributed by atoms with Crippen molar-refractivity contribution in [3.8, 4) is 0 Å². The van der Waals surface area contributed by atoms with Gasteiger partial charge >= 0.3 is 0 Å². The molecular formula is C27H36F2N4O3. The lowest BCUT2D eigenvalue weighted by atomic mass is 9.75. The number of halogens is 2. The van der Waals surface area contributed by atoms with Crippen molar-refractivity contribution in [2.24, 2.45) is 5.92 Å². The van der Waals surface area contributed by atoms with Gasteiger partial charge in [-0.15, -0.1) is 0 Å². The number of benzene rings is 1. The Bertz CT molecular complexity index is 1000. The number of hydrogen-bond acceptors (Lipinski definition) is 5. The predicted molar refractivity (Wildman–Crippen MR) is 132 cm³/mol. The molecule has 2 aliphatic carbocycles. The number of nitrogens with zero attached hydrogens (tertiary/aromatic N) is 1. The predicted octanol–water partition coefficient (Wildman–Crippen LogP) is 3.63. The van der Waals surface area contributed by atoms with Crippen LogP contribution in [0.1, 0.15) is 80.1 Å². The van der Waals surface area contributed by atoms with Crippen LogP contribution in [0.4, 0.5) is 14.5 Å².